The molecule has 3 rings (SSSR count). The molecule has 23 heavy (non-hydrogen) atoms. The Kier molecular flexibility index (Phi) is 4.31. The number of hydrogen-bond acceptors (Lipinski definition) is 4. The van der Waals surface area contributed by atoms with E-state index in [-0.39, 0.29) is 4.90 Å². The van der Waals surface area contributed by atoms with Crippen LogP contribution < -0.4 is 4.72 Å². The molecule has 0 amide bonds. The van der Waals surface area contributed by atoms with E-state index in [0.29, 0.717) is 0 Å². The third-order valence-electron chi connectivity index (χ3n) is 3.59. The largest absolute Gasteiger partial charge is 0.469 e. The smallest absolute Gasteiger partial charge is 0.240 e. The zero-order chi connectivity index (χ0) is 16.3. The minimum absolute atomic E-state index is 0.234. The van der Waals surface area contributed by atoms with Gasteiger partial charge >= 0.3 is 0 Å². The van der Waals surface area contributed by atoms with Gasteiger partial charge in [-0.15, -0.1) is 0 Å². The van der Waals surface area contributed by atoms with Crippen LogP contribution in [0.2, 0.25) is 0 Å². The van der Waals surface area contributed by atoms with Crippen molar-refractivity contribution in [2.45, 2.75) is 17.9 Å². The molecule has 0 spiro atoms. The second-order valence-corrected chi connectivity index (χ2v) is 6.89. The number of aryl methyl sites for hydroxylation is 2. The molecule has 1 aromatic carbocycles. The highest BCUT2D eigenvalue weighted by Gasteiger charge is 2.12. The molecule has 0 unspecified atom stereocenters. The third-order valence-corrected chi connectivity index (χ3v) is 5.02. The topological polar surface area (TPSA) is 77.1 Å². The second-order valence-electron chi connectivity index (χ2n) is 5.01. The van der Waals surface area contributed by atoms with Gasteiger partial charge in [0.15, 0.2) is 0 Å². The first-order valence-corrected chi connectivity index (χ1v) is 8.66. The molecule has 0 bridgehead atoms. The molecule has 7 heteroatoms. The van der Waals surface area contributed by atoms with Crippen molar-refractivity contribution in [3.8, 4) is 11.4 Å². The average Bonchev–Trinajstić information content (AvgIpc) is 3.24. The molecule has 0 radical (unpaired) electrons. The fourth-order valence-corrected chi connectivity index (χ4v) is 3.07. The molecule has 120 valence electrons. The monoisotopic (exact) mass is 331 g/mol. The lowest BCUT2D eigenvalue weighted by Crippen LogP contribution is -2.18. The van der Waals surface area contributed by atoms with E-state index >= 15 is 0 Å². The van der Waals surface area contributed by atoms with Crippen LogP contribution in [-0.4, -0.2) is 25.0 Å². The van der Waals surface area contributed by atoms with Crippen LogP contribution in [0.4, 0.5) is 0 Å². The number of sulfonamides is 1. The van der Waals surface area contributed by atoms with Crippen molar-refractivity contribution >= 4 is 10.0 Å². The predicted molar refractivity (Wildman–Crippen MR) is 86.3 cm³/mol. The van der Waals surface area contributed by atoms with Gasteiger partial charge < -0.3 is 8.98 Å². The van der Waals surface area contributed by atoms with Gasteiger partial charge in [0.05, 0.1) is 11.2 Å². The molecule has 1 N–H and O–H groups in total. The maximum absolute atomic E-state index is 11.8. The Bertz CT molecular complexity index is 866. The summed E-state index contributed by atoms with van der Waals surface area (Å²) in [6.07, 6.45) is 6.06. The van der Waals surface area contributed by atoms with Gasteiger partial charge in [0.2, 0.25) is 10.0 Å². The summed E-state index contributed by atoms with van der Waals surface area (Å²) in [4.78, 5) is 4.60. The van der Waals surface area contributed by atoms with Gasteiger partial charge in [0, 0.05) is 30.9 Å². The van der Waals surface area contributed by atoms with Gasteiger partial charge in [-0.3, -0.25) is 0 Å². The highest BCUT2D eigenvalue weighted by atomic mass is 32.2. The standard InChI is InChI=1S/C16H17N3O3S/c1-17-23(20,21)15-6-4-13(5-7-15)16-18-9-11-19(16)10-8-14-3-2-12-22-14/h2-7,9,11-12,17H,8,10H2,1H3. The Hall–Kier alpha value is -2.38. The number of nitrogens with one attached hydrogen (secondary N) is 1. The molecule has 0 saturated heterocycles. The van der Waals surface area contributed by atoms with E-state index in [0.717, 1.165) is 30.1 Å². The van der Waals surface area contributed by atoms with Crippen LogP contribution >= 0.6 is 0 Å². The zero-order valence-corrected chi connectivity index (χ0v) is 13.5. The summed E-state index contributed by atoms with van der Waals surface area (Å²) in [5.41, 5.74) is 0.865. The minimum Gasteiger partial charge on any atom is -0.469 e. The molecule has 0 saturated carbocycles. The Labute approximate surface area is 134 Å². The molecular weight excluding hydrogens is 314 g/mol. The Morgan fingerprint density at radius 1 is 1.22 bits per heavy atom. The molecule has 3 aromatic rings. The van der Waals surface area contributed by atoms with Gasteiger partial charge in [-0.05, 0) is 43.4 Å². The van der Waals surface area contributed by atoms with E-state index in [2.05, 4.69) is 9.71 Å². The van der Waals surface area contributed by atoms with Crippen molar-refractivity contribution in [1.29, 1.82) is 0 Å². The summed E-state index contributed by atoms with van der Waals surface area (Å²) in [5.74, 6) is 1.71. The Morgan fingerprint density at radius 3 is 2.65 bits per heavy atom. The van der Waals surface area contributed by atoms with Crippen LogP contribution in [0.15, 0.2) is 64.4 Å². The molecule has 0 fully saturated rings. The first kappa shape index (κ1) is 15.5. The predicted octanol–water partition coefficient (Wildman–Crippen LogP) is 2.29. The van der Waals surface area contributed by atoms with Gasteiger partial charge in [-0.25, -0.2) is 18.1 Å². The molecule has 0 aliphatic heterocycles. The van der Waals surface area contributed by atoms with E-state index in [1.165, 1.54) is 7.05 Å². The molecule has 0 atom stereocenters. The maximum atomic E-state index is 11.8. The SMILES string of the molecule is CNS(=O)(=O)c1ccc(-c2nccn2CCc2ccco2)cc1. The quantitative estimate of drug-likeness (QED) is 0.752. The summed E-state index contributed by atoms with van der Waals surface area (Å²) in [5, 5.41) is 0. The first-order valence-electron chi connectivity index (χ1n) is 7.17. The van der Waals surface area contributed by atoms with Crippen LogP contribution in [-0.2, 0) is 23.0 Å². The molecule has 2 aromatic heterocycles. The van der Waals surface area contributed by atoms with E-state index in [1.807, 2.05) is 22.9 Å². The van der Waals surface area contributed by atoms with Crippen molar-refractivity contribution in [1.82, 2.24) is 14.3 Å². The second kappa shape index (κ2) is 6.39. The molecule has 2 heterocycles. The highest BCUT2D eigenvalue weighted by Crippen LogP contribution is 2.20. The van der Waals surface area contributed by atoms with Crippen molar-refractivity contribution < 1.29 is 12.8 Å². The first-order chi connectivity index (χ1) is 11.1. The molecule has 6 nitrogen and oxygen atoms in total. The van der Waals surface area contributed by atoms with Gasteiger partial charge in [0.1, 0.15) is 11.6 Å². The van der Waals surface area contributed by atoms with Crippen molar-refractivity contribution in [3.05, 3.63) is 60.8 Å². The summed E-state index contributed by atoms with van der Waals surface area (Å²) in [6, 6.07) is 10.5. The fraction of sp³-hybridized carbons (Fsp3) is 0.188. The van der Waals surface area contributed by atoms with Crippen LogP contribution in [0, 0.1) is 0 Å². The summed E-state index contributed by atoms with van der Waals surface area (Å²) < 4.78 is 33.2. The van der Waals surface area contributed by atoms with E-state index in [9.17, 15) is 8.42 Å². The van der Waals surface area contributed by atoms with Crippen LogP contribution in [0.5, 0.6) is 0 Å². The molecular formula is C16H17N3O3S. The normalized spacial score (nSPS) is 11.7. The van der Waals surface area contributed by atoms with Crippen LogP contribution in [0.3, 0.4) is 0 Å². The number of aromatic nitrogens is 2. The lowest BCUT2D eigenvalue weighted by Gasteiger charge is -2.08. The van der Waals surface area contributed by atoms with Gasteiger partial charge in [-0.1, -0.05) is 0 Å². The highest BCUT2D eigenvalue weighted by molar-refractivity contribution is 7.89. The van der Waals surface area contributed by atoms with Crippen LogP contribution in [0.25, 0.3) is 11.4 Å². The number of furan rings is 1. The number of nitrogens with zero attached hydrogens (tertiary/aromatic N) is 2. The van der Waals surface area contributed by atoms with Gasteiger partial charge in [-0.2, -0.15) is 0 Å². The number of imidazole rings is 1. The summed E-state index contributed by atoms with van der Waals surface area (Å²) in [7, 11) is -2.03. The van der Waals surface area contributed by atoms with Crippen LogP contribution in [0.1, 0.15) is 5.76 Å². The lowest BCUT2D eigenvalue weighted by atomic mass is 10.2. The number of hydrogen-bond donors (Lipinski definition) is 1. The fourth-order valence-electron chi connectivity index (χ4n) is 2.34. The van der Waals surface area contributed by atoms with E-state index in [4.69, 9.17) is 4.42 Å². The number of benzene rings is 1. The van der Waals surface area contributed by atoms with Crippen molar-refractivity contribution in [2.75, 3.05) is 7.05 Å². The zero-order valence-electron chi connectivity index (χ0n) is 12.6. The van der Waals surface area contributed by atoms with E-state index < -0.39 is 10.0 Å². The Balaban J connectivity index is 1.81. The van der Waals surface area contributed by atoms with Gasteiger partial charge in [0.25, 0.3) is 0 Å². The maximum Gasteiger partial charge on any atom is 0.240 e. The third kappa shape index (κ3) is 3.35. The summed E-state index contributed by atoms with van der Waals surface area (Å²) >= 11 is 0. The summed E-state index contributed by atoms with van der Waals surface area (Å²) in [6.45, 7) is 0.736. The molecule has 0 aliphatic carbocycles. The van der Waals surface area contributed by atoms with Crippen molar-refractivity contribution in [2.24, 2.45) is 0 Å². The molecule has 0 aliphatic rings. The Morgan fingerprint density at radius 2 is 2.00 bits per heavy atom. The lowest BCUT2D eigenvalue weighted by molar-refractivity contribution is 0.492. The number of rotatable bonds is 6. The minimum atomic E-state index is -3.42. The van der Waals surface area contributed by atoms with E-state index in [1.54, 1.807) is 36.7 Å². The van der Waals surface area contributed by atoms with Crippen molar-refractivity contribution in [3.63, 3.8) is 0 Å². The average molecular weight is 331 g/mol.